The molecule has 0 aliphatic carbocycles. The van der Waals surface area contributed by atoms with Crippen LogP contribution in [-0.4, -0.2) is 36.5 Å². The molecule has 0 amide bonds. The zero-order valence-electron chi connectivity index (χ0n) is 16.2. The summed E-state index contributed by atoms with van der Waals surface area (Å²) in [5.41, 5.74) is 4.31. The Balaban J connectivity index is 2.08. The molecule has 1 aromatic carbocycles. The van der Waals surface area contributed by atoms with Crippen LogP contribution < -0.4 is 14.9 Å². The largest absolute Gasteiger partial charge is 0.490 e. The van der Waals surface area contributed by atoms with Crippen molar-refractivity contribution >= 4 is 28.7 Å². The monoisotopic (exact) mass is 391 g/mol. The molecule has 0 spiro atoms. The highest BCUT2D eigenvalue weighted by Gasteiger charge is 2.16. The number of esters is 1. The summed E-state index contributed by atoms with van der Waals surface area (Å²) in [6.45, 7) is 10.3. The van der Waals surface area contributed by atoms with Crippen molar-refractivity contribution in [1.82, 2.24) is 4.98 Å². The molecule has 0 unspecified atom stereocenters. The number of nitrogens with zero attached hydrogens (tertiary/aromatic N) is 2. The molecule has 1 heterocycles. The minimum atomic E-state index is -0.369. The van der Waals surface area contributed by atoms with Crippen molar-refractivity contribution in [2.45, 2.75) is 40.7 Å². The van der Waals surface area contributed by atoms with Crippen molar-refractivity contribution in [3.63, 3.8) is 0 Å². The lowest BCUT2D eigenvalue weighted by Gasteiger charge is -2.14. The molecule has 0 fully saturated rings. The van der Waals surface area contributed by atoms with E-state index in [2.05, 4.69) is 15.5 Å². The first-order valence-corrected chi connectivity index (χ1v) is 9.63. The highest BCUT2D eigenvalue weighted by atomic mass is 32.1. The van der Waals surface area contributed by atoms with Crippen LogP contribution in [0.3, 0.4) is 0 Å². The van der Waals surface area contributed by atoms with Gasteiger partial charge in [-0.2, -0.15) is 5.10 Å². The average Bonchev–Trinajstić information content (AvgIpc) is 2.98. The van der Waals surface area contributed by atoms with Crippen LogP contribution in [0.15, 0.2) is 23.3 Å². The number of ether oxygens (including phenoxy) is 3. The molecule has 0 saturated carbocycles. The fourth-order valence-corrected chi connectivity index (χ4v) is 3.03. The van der Waals surface area contributed by atoms with E-state index in [1.54, 1.807) is 20.1 Å². The Hall–Kier alpha value is -2.61. The molecule has 0 atom stereocenters. The minimum absolute atomic E-state index is 0.0622. The zero-order valence-corrected chi connectivity index (χ0v) is 17.1. The number of benzene rings is 1. The van der Waals surface area contributed by atoms with Gasteiger partial charge in [0, 0.05) is 0 Å². The van der Waals surface area contributed by atoms with E-state index in [4.69, 9.17) is 14.2 Å². The first-order valence-electron chi connectivity index (χ1n) is 8.81. The van der Waals surface area contributed by atoms with Crippen molar-refractivity contribution in [2.75, 3.05) is 18.6 Å². The third-order valence-electron chi connectivity index (χ3n) is 3.26. The maximum absolute atomic E-state index is 11.8. The number of carbonyl (C=O) groups excluding carboxylic acids is 1. The maximum Gasteiger partial charge on any atom is 0.350 e. The van der Waals surface area contributed by atoms with E-state index in [-0.39, 0.29) is 12.1 Å². The van der Waals surface area contributed by atoms with Crippen molar-refractivity contribution in [3.8, 4) is 11.5 Å². The summed E-state index contributed by atoms with van der Waals surface area (Å²) in [6, 6.07) is 5.62. The summed E-state index contributed by atoms with van der Waals surface area (Å²) in [7, 11) is 0. The molecule has 7 nitrogen and oxygen atoms in total. The highest BCUT2D eigenvalue weighted by Crippen LogP contribution is 2.29. The summed E-state index contributed by atoms with van der Waals surface area (Å²) in [4.78, 5) is 16.6. The molecule has 27 heavy (non-hydrogen) atoms. The van der Waals surface area contributed by atoms with Crippen LogP contribution in [0.25, 0.3) is 0 Å². The Morgan fingerprint density at radius 3 is 2.74 bits per heavy atom. The van der Waals surface area contributed by atoms with E-state index in [1.807, 2.05) is 39.0 Å². The fourth-order valence-electron chi connectivity index (χ4n) is 2.22. The van der Waals surface area contributed by atoms with Gasteiger partial charge in [0.15, 0.2) is 11.5 Å². The SMILES string of the molecule is CCOC(=O)c1sc(N/N=C\c2ccc(OC(C)C)c(OCC)c2)nc1C. The summed E-state index contributed by atoms with van der Waals surface area (Å²) in [5.74, 6) is 1.00. The summed E-state index contributed by atoms with van der Waals surface area (Å²) in [5, 5.41) is 4.71. The topological polar surface area (TPSA) is 82.0 Å². The van der Waals surface area contributed by atoms with Crippen LogP contribution in [0, 0.1) is 6.92 Å². The third-order valence-corrected chi connectivity index (χ3v) is 4.30. The van der Waals surface area contributed by atoms with E-state index in [0.717, 1.165) is 5.56 Å². The van der Waals surface area contributed by atoms with Gasteiger partial charge in [0.25, 0.3) is 0 Å². The maximum atomic E-state index is 11.8. The standard InChI is InChI=1S/C19H25N3O4S/c1-6-24-16-10-14(8-9-15(16)26-12(3)4)11-20-22-19-21-13(5)17(27-19)18(23)25-7-2/h8-12H,6-7H2,1-5H3,(H,21,22)/b20-11-. The number of hydrogen-bond donors (Lipinski definition) is 1. The Kier molecular flexibility index (Phi) is 7.60. The van der Waals surface area contributed by atoms with Gasteiger partial charge in [-0.25, -0.2) is 9.78 Å². The van der Waals surface area contributed by atoms with E-state index in [9.17, 15) is 4.79 Å². The quantitative estimate of drug-likeness (QED) is 0.391. The van der Waals surface area contributed by atoms with Gasteiger partial charge in [0.05, 0.1) is 31.2 Å². The molecule has 8 heteroatoms. The highest BCUT2D eigenvalue weighted by molar-refractivity contribution is 7.17. The Bertz CT molecular complexity index is 802. The summed E-state index contributed by atoms with van der Waals surface area (Å²) < 4.78 is 16.4. The smallest absolute Gasteiger partial charge is 0.350 e. The van der Waals surface area contributed by atoms with Crippen LogP contribution in [0.2, 0.25) is 0 Å². The minimum Gasteiger partial charge on any atom is -0.490 e. The van der Waals surface area contributed by atoms with Gasteiger partial charge < -0.3 is 14.2 Å². The molecule has 1 aromatic heterocycles. The molecule has 146 valence electrons. The van der Waals surface area contributed by atoms with Crippen molar-refractivity contribution in [1.29, 1.82) is 0 Å². The fraction of sp³-hybridized carbons (Fsp3) is 0.421. The summed E-state index contributed by atoms with van der Waals surface area (Å²) >= 11 is 1.21. The predicted molar refractivity (Wildman–Crippen MR) is 107 cm³/mol. The van der Waals surface area contributed by atoms with E-state index in [0.29, 0.717) is 40.4 Å². The molecular weight excluding hydrogens is 366 g/mol. The van der Waals surface area contributed by atoms with Crippen LogP contribution >= 0.6 is 11.3 Å². The number of carbonyl (C=O) groups is 1. The molecule has 0 saturated heterocycles. The second kappa shape index (κ2) is 9.91. The Morgan fingerprint density at radius 1 is 1.30 bits per heavy atom. The molecule has 0 bridgehead atoms. The Morgan fingerprint density at radius 2 is 2.07 bits per heavy atom. The molecular formula is C19H25N3O4S. The lowest BCUT2D eigenvalue weighted by molar-refractivity contribution is 0.0531. The van der Waals surface area contributed by atoms with E-state index in [1.165, 1.54) is 11.3 Å². The van der Waals surface area contributed by atoms with Crippen molar-refractivity contribution in [2.24, 2.45) is 5.10 Å². The molecule has 2 rings (SSSR count). The van der Waals surface area contributed by atoms with E-state index >= 15 is 0 Å². The van der Waals surface area contributed by atoms with Gasteiger partial charge in [-0.3, -0.25) is 5.43 Å². The predicted octanol–water partition coefficient (Wildman–Crippen LogP) is 4.26. The van der Waals surface area contributed by atoms with Gasteiger partial charge >= 0.3 is 5.97 Å². The average molecular weight is 391 g/mol. The first-order chi connectivity index (χ1) is 12.9. The summed E-state index contributed by atoms with van der Waals surface area (Å²) in [6.07, 6.45) is 1.72. The van der Waals surface area contributed by atoms with Gasteiger partial charge in [-0.1, -0.05) is 11.3 Å². The normalized spacial score (nSPS) is 11.0. The van der Waals surface area contributed by atoms with Crippen LogP contribution in [0.5, 0.6) is 11.5 Å². The lowest BCUT2D eigenvalue weighted by Crippen LogP contribution is -2.07. The molecule has 0 radical (unpaired) electrons. The number of nitrogens with one attached hydrogen (secondary N) is 1. The number of rotatable bonds is 9. The second-order valence-corrected chi connectivity index (χ2v) is 6.83. The Labute approximate surface area is 163 Å². The number of aryl methyl sites for hydroxylation is 1. The van der Waals surface area contributed by atoms with Crippen molar-refractivity contribution < 1.29 is 19.0 Å². The van der Waals surface area contributed by atoms with Gasteiger partial charge in [0.1, 0.15) is 4.88 Å². The van der Waals surface area contributed by atoms with E-state index < -0.39 is 0 Å². The van der Waals surface area contributed by atoms with Crippen molar-refractivity contribution in [3.05, 3.63) is 34.3 Å². The van der Waals surface area contributed by atoms with Crippen LogP contribution in [-0.2, 0) is 4.74 Å². The number of anilines is 1. The number of thiazole rings is 1. The second-order valence-electron chi connectivity index (χ2n) is 5.83. The van der Waals surface area contributed by atoms with Gasteiger partial charge in [-0.05, 0) is 58.4 Å². The molecule has 1 N–H and O–H groups in total. The lowest BCUT2D eigenvalue weighted by atomic mass is 10.2. The number of aromatic nitrogens is 1. The molecule has 0 aliphatic rings. The number of hydrazone groups is 1. The first kappa shape index (κ1) is 20.7. The molecule has 2 aromatic rings. The van der Waals surface area contributed by atoms with Crippen LogP contribution in [0.1, 0.15) is 48.6 Å². The molecule has 0 aliphatic heterocycles. The van der Waals surface area contributed by atoms with Gasteiger partial charge in [-0.15, -0.1) is 0 Å². The number of hydrogen-bond acceptors (Lipinski definition) is 8. The van der Waals surface area contributed by atoms with Gasteiger partial charge in [0.2, 0.25) is 5.13 Å². The van der Waals surface area contributed by atoms with Crippen LogP contribution in [0.4, 0.5) is 5.13 Å². The third kappa shape index (κ3) is 5.96. The zero-order chi connectivity index (χ0) is 19.8.